The third-order valence-corrected chi connectivity index (χ3v) is 4.19. The fourth-order valence-electron chi connectivity index (χ4n) is 2.74. The average molecular weight is 389 g/mol. The van der Waals surface area contributed by atoms with E-state index in [2.05, 4.69) is 25.8 Å². The van der Waals surface area contributed by atoms with E-state index in [1.54, 1.807) is 48.3 Å². The predicted octanol–water partition coefficient (Wildman–Crippen LogP) is 2.40. The second-order valence-electron chi connectivity index (χ2n) is 6.25. The van der Waals surface area contributed by atoms with E-state index >= 15 is 0 Å². The van der Waals surface area contributed by atoms with Crippen LogP contribution in [0.25, 0.3) is 11.4 Å². The van der Waals surface area contributed by atoms with Gasteiger partial charge < -0.3 is 10.1 Å². The number of amides is 1. The SMILES string of the molecule is Cn1nnc(-c2ccc(C(=O)Nc3ccccc3OCCn3cccn3)cc2)n1. The van der Waals surface area contributed by atoms with Crippen LogP contribution in [-0.4, -0.2) is 42.5 Å². The van der Waals surface area contributed by atoms with Gasteiger partial charge in [0, 0.05) is 23.5 Å². The number of carbonyl (C=O) groups excluding carboxylic acids is 1. The number of aryl methyl sites for hydroxylation is 1. The molecule has 0 spiro atoms. The van der Waals surface area contributed by atoms with Crippen LogP contribution in [0.3, 0.4) is 0 Å². The molecular formula is C20H19N7O2. The van der Waals surface area contributed by atoms with Crippen molar-refractivity contribution in [1.29, 1.82) is 0 Å². The Morgan fingerprint density at radius 3 is 2.66 bits per heavy atom. The van der Waals surface area contributed by atoms with E-state index in [1.165, 1.54) is 4.80 Å². The molecule has 0 aliphatic rings. The lowest BCUT2D eigenvalue weighted by Crippen LogP contribution is -2.14. The summed E-state index contributed by atoms with van der Waals surface area (Å²) < 4.78 is 7.61. The molecule has 2 aromatic carbocycles. The molecule has 0 unspecified atom stereocenters. The van der Waals surface area contributed by atoms with Gasteiger partial charge in [-0.25, -0.2) is 0 Å². The molecule has 0 saturated carbocycles. The third-order valence-electron chi connectivity index (χ3n) is 4.19. The van der Waals surface area contributed by atoms with E-state index in [4.69, 9.17) is 4.74 Å². The Morgan fingerprint density at radius 2 is 1.93 bits per heavy atom. The monoisotopic (exact) mass is 389 g/mol. The summed E-state index contributed by atoms with van der Waals surface area (Å²) in [6.07, 6.45) is 3.59. The van der Waals surface area contributed by atoms with E-state index in [0.717, 1.165) is 5.56 Å². The molecule has 146 valence electrons. The number of hydrogen-bond acceptors (Lipinski definition) is 6. The number of nitrogens with zero attached hydrogens (tertiary/aromatic N) is 6. The molecule has 0 aliphatic carbocycles. The molecule has 0 bridgehead atoms. The molecule has 2 heterocycles. The van der Waals surface area contributed by atoms with Crippen LogP contribution in [0.15, 0.2) is 67.0 Å². The van der Waals surface area contributed by atoms with Crippen molar-refractivity contribution in [2.75, 3.05) is 11.9 Å². The van der Waals surface area contributed by atoms with Crippen LogP contribution in [0.4, 0.5) is 5.69 Å². The predicted molar refractivity (Wildman–Crippen MR) is 106 cm³/mol. The van der Waals surface area contributed by atoms with Gasteiger partial charge in [0.15, 0.2) is 0 Å². The first-order chi connectivity index (χ1) is 14.2. The maximum Gasteiger partial charge on any atom is 0.255 e. The van der Waals surface area contributed by atoms with Gasteiger partial charge in [-0.15, -0.1) is 10.2 Å². The topological polar surface area (TPSA) is 99.8 Å². The molecule has 4 aromatic rings. The van der Waals surface area contributed by atoms with Crippen LogP contribution >= 0.6 is 0 Å². The zero-order valence-corrected chi connectivity index (χ0v) is 15.8. The van der Waals surface area contributed by atoms with Crippen LogP contribution in [0.1, 0.15) is 10.4 Å². The molecule has 1 amide bonds. The molecule has 9 heteroatoms. The number of ether oxygens (including phenoxy) is 1. The molecular weight excluding hydrogens is 370 g/mol. The number of nitrogens with one attached hydrogen (secondary N) is 1. The van der Waals surface area contributed by atoms with Gasteiger partial charge in [-0.3, -0.25) is 9.48 Å². The van der Waals surface area contributed by atoms with Gasteiger partial charge in [0.05, 0.1) is 19.3 Å². The number of anilines is 1. The highest BCUT2D eigenvalue weighted by molar-refractivity contribution is 6.05. The van der Waals surface area contributed by atoms with Crippen LogP contribution in [0, 0.1) is 0 Å². The second kappa shape index (κ2) is 8.34. The summed E-state index contributed by atoms with van der Waals surface area (Å²) in [5.74, 6) is 0.885. The summed E-state index contributed by atoms with van der Waals surface area (Å²) in [5, 5.41) is 19.0. The molecule has 0 radical (unpaired) electrons. The molecule has 1 N–H and O–H groups in total. The Kier molecular flexibility index (Phi) is 5.28. The largest absolute Gasteiger partial charge is 0.489 e. The smallest absolute Gasteiger partial charge is 0.255 e. The van der Waals surface area contributed by atoms with Gasteiger partial charge in [-0.2, -0.15) is 9.90 Å². The van der Waals surface area contributed by atoms with Crippen molar-refractivity contribution < 1.29 is 9.53 Å². The van der Waals surface area contributed by atoms with Crippen LogP contribution in [0.5, 0.6) is 5.75 Å². The lowest BCUT2D eigenvalue weighted by atomic mass is 10.1. The number of aromatic nitrogens is 6. The highest BCUT2D eigenvalue weighted by atomic mass is 16.5. The molecule has 29 heavy (non-hydrogen) atoms. The Morgan fingerprint density at radius 1 is 1.10 bits per heavy atom. The van der Waals surface area contributed by atoms with Crippen LogP contribution in [-0.2, 0) is 13.6 Å². The molecule has 9 nitrogen and oxygen atoms in total. The summed E-state index contributed by atoms with van der Waals surface area (Å²) in [5.41, 5.74) is 1.92. The van der Waals surface area contributed by atoms with Gasteiger partial charge >= 0.3 is 0 Å². The summed E-state index contributed by atoms with van der Waals surface area (Å²) in [4.78, 5) is 14.0. The fraction of sp³-hybridized carbons (Fsp3) is 0.150. The molecule has 2 aromatic heterocycles. The van der Waals surface area contributed by atoms with Crippen molar-refractivity contribution in [3.05, 3.63) is 72.6 Å². The van der Waals surface area contributed by atoms with Gasteiger partial charge in [-0.1, -0.05) is 24.3 Å². The second-order valence-corrected chi connectivity index (χ2v) is 6.25. The van der Waals surface area contributed by atoms with Crippen LogP contribution in [0.2, 0.25) is 0 Å². The number of tetrazole rings is 1. The fourth-order valence-corrected chi connectivity index (χ4v) is 2.74. The van der Waals surface area contributed by atoms with E-state index < -0.39 is 0 Å². The third kappa shape index (κ3) is 4.46. The van der Waals surface area contributed by atoms with Crippen molar-refractivity contribution in [2.45, 2.75) is 6.54 Å². The highest BCUT2D eigenvalue weighted by Gasteiger charge is 2.11. The molecule has 4 rings (SSSR count). The molecule has 0 atom stereocenters. The lowest BCUT2D eigenvalue weighted by molar-refractivity contribution is 0.102. The van der Waals surface area contributed by atoms with Crippen molar-refractivity contribution in [3.8, 4) is 17.1 Å². The van der Waals surface area contributed by atoms with E-state index in [0.29, 0.717) is 36.0 Å². The van der Waals surface area contributed by atoms with Crippen LogP contribution < -0.4 is 10.1 Å². The lowest BCUT2D eigenvalue weighted by Gasteiger charge is -2.12. The highest BCUT2D eigenvalue weighted by Crippen LogP contribution is 2.24. The van der Waals surface area contributed by atoms with Crippen molar-refractivity contribution >= 4 is 11.6 Å². The summed E-state index contributed by atoms with van der Waals surface area (Å²) in [6, 6.07) is 16.2. The van der Waals surface area contributed by atoms with Crippen molar-refractivity contribution in [3.63, 3.8) is 0 Å². The maximum absolute atomic E-state index is 12.7. The molecule has 0 saturated heterocycles. The number of rotatable bonds is 7. The standard InChI is InChI=1S/C20H19N7O2/c1-26-24-19(23-25-26)15-7-9-16(10-8-15)20(28)22-17-5-2-3-6-18(17)29-14-13-27-12-4-11-21-27/h2-12H,13-14H2,1H3,(H,22,28). The van der Waals surface area contributed by atoms with Gasteiger partial charge in [0.2, 0.25) is 5.82 Å². The van der Waals surface area contributed by atoms with E-state index in [-0.39, 0.29) is 5.91 Å². The summed E-state index contributed by atoms with van der Waals surface area (Å²) >= 11 is 0. The normalized spacial score (nSPS) is 10.7. The van der Waals surface area contributed by atoms with Crippen molar-refractivity contribution in [1.82, 2.24) is 30.0 Å². The van der Waals surface area contributed by atoms with Gasteiger partial charge in [0.25, 0.3) is 5.91 Å². The average Bonchev–Trinajstić information content (AvgIpc) is 3.41. The Labute approximate surface area is 166 Å². The maximum atomic E-state index is 12.7. The number of carbonyl (C=O) groups is 1. The van der Waals surface area contributed by atoms with Crippen molar-refractivity contribution in [2.24, 2.45) is 7.05 Å². The Hall–Kier alpha value is -4.01. The van der Waals surface area contributed by atoms with E-state index in [9.17, 15) is 4.79 Å². The first kappa shape index (κ1) is 18.4. The Balaban J connectivity index is 1.41. The minimum Gasteiger partial charge on any atom is -0.489 e. The first-order valence-electron chi connectivity index (χ1n) is 9.04. The number of hydrogen-bond donors (Lipinski definition) is 1. The summed E-state index contributed by atoms with van der Waals surface area (Å²) in [7, 11) is 1.70. The minimum atomic E-state index is -0.230. The molecule has 0 aliphatic heterocycles. The molecule has 0 fully saturated rings. The quantitative estimate of drug-likeness (QED) is 0.521. The zero-order chi connectivity index (χ0) is 20.1. The number of para-hydroxylation sites is 2. The van der Waals surface area contributed by atoms with Gasteiger partial charge in [0.1, 0.15) is 12.4 Å². The Bertz CT molecular complexity index is 1090. The zero-order valence-electron chi connectivity index (χ0n) is 15.8. The first-order valence-corrected chi connectivity index (χ1v) is 9.04. The minimum absolute atomic E-state index is 0.230. The number of benzene rings is 2. The summed E-state index contributed by atoms with van der Waals surface area (Å²) in [6.45, 7) is 1.06. The van der Waals surface area contributed by atoms with Gasteiger partial charge in [-0.05, 0) is 35.5 Å². The van der Waals surface area contributed by atoms with E-state index in [1.807, 2.05) is 30.5 Å².